The fraction of sp³-hybridized carbons (Fsp3) is 0.125. The van der Waals surface area contributed by atoms with Crippen molar-refractivity contribution in [1.29, 1.82) is 0 Å². The molecule has 0 aliphatic carbocycles. The van der Waals surface area contributed by atoms with Crippen LogP contribution in [-0.2, 0) is 0 Å². The molecule has 0 saturated heterocycles. The fourth-order valence-electron chi connectivity index (χ4n) is 0.989. The van der Waals surface area contributed by atoms with E-state index in [-0.39, 0.29) is 0 Å². The van der Waals surface area contributed by atoms with Crippen LogP contribution in [0.2, 0.25) is 0 Å². The molecule has 0 aromatic carbocycles. The van der Waals surface area contributed by atoms with Crippen LogP contribution in [0, 0.1) is 6.92 Å². The Balaban J connectivity index is 2.83. The highest BCUT2D eigenvalue weighted by Gasteiger charge is 1.93. The molecule has 0 N–H and O–H groups in total. The smallest absolute Gasteiger partial charge is 0.111 e. The summed E-state index contributed by atoms with van der Waals surface area (Å²) in [6.07, 6.45) is 3.46. The van der Waals surface area contributed by atoms with Gasteiger partial charge in [0.2, 0.25) is 0 Å². The van der Waals surface area contributed by atoms with Gasteiger partial charge in [0.1, 0.15) is 5.52 Å². The van der Waals surface area contributed by atoms with E-state index in [1.54, 1.807) is 12.4 Å². The topological polar surface area (TPSA) is 38.7 Å². The molecule has 0 spiro atoms. The predicted octanol–water partition coefficient (Wildman–Crippen LogP) is 1.33. The Morgan fingerprint density at radius 3 is 3.09 bits per heavy atom. The largest absolute Gasteiger partial charge is 0.262 e. The van der Waals surface area contributed by atoms with Crippen molar-refractivity contribution < 1.29 is 0 Å². The van der Waals surface area contributed by atoms with E-state index in [1.165, 1.54) is 0 Å². The molecule has 0 bridgehead atoms. The lowest BCUT2D eigenvalue weighted by Gasteiger charge is -1.94. The molecule has 3 heteroatoms. The highest BCUT2D eigenvalue weighted by atomic mass is 15.1. The maximum absolute atomic E-state index is 3.97. The Morgan fingerprint density at radius 2 is 2.18 bits per heavy atom. The van der Waals surface area contributed by atoms with Crippen molar-refractivity contribution in [2.24, 2.45) is 0 Å². The molecule has 0 radical (unpaired) electrons. The van der Waals surface area contributed by atoms with Crippen molar-refractivity contribution >= 4 is 10.9 Å². The van der Waals surface area contributed by atoms with Crippen LogP contribution in [0.15, 0.2) is 24.5 Å². The van der Waals surface area contributed by atoms with Crippen LogP contribution in [-0.4, -0.2) is 15.2 Å². The van der Waals surface area contributed by atoms with Crippen molar-refractivity contribution in [3.63, 3.8) is 0 Å². The van der Waals surface area contributed by atoms with E-state index >= 15 is 0 Å². The van der Waals surface area contributed by atoms with E-state index in [9.17, 15) is 0 Å². The summed E-state index contributed by atoms with van der Waals surface area (Å²) in [5, 5.41) is 8.98. The van der Waals surface area contributed by atoms with Crippen LogP contribution in [0.1, 0.15) is 5.69 Å². The fourth-order valence-corrected chi connectivity index (χ4v) is 0.989. The molecule has 0 fully saturated rings. The third-order valence-electron chi connectivity index (χ3n) is 1.51. The molecule has 0 aliphatic heterocycles. The van der Waals surface area contributed by atoms with E-state index in [1.807, 2.05) is 19.1 Å². The standard InChI is InChI=1S/C8H7N3/c1-6-4-7-2-3-9-5-8(7)11-10-6/h2-5H,1H3. The first-order valence-corrected chi connectivity index (χ1v) is 3.40. The predicted molar refractivity (Wildman–Crippen MR) is 42.1 cm³/mol. The van der Waals surface area contributed by atoms with E-state index in [0.29, 0.717) is 0 Å². The minimum Gasteiger partial charge on any atom is -0.262 e. The minimum atomic E-state index is 0.845. The molecule has 2 heterocycles. The van der Waals surface area contributed by atoms with Crippen molar-refractivity contribution in [1.82, 2.24) is 15.2 Å². The van der Waals surface area contributed by atoms with Crippen LogP contribution < -0.4 is 0 Å². The van der Waals surface area contributed by atoms with Crippen molar-refractivity contribution in [2.75, 3.05) is 0 Å². The molecular formula is C8H7N3. The molecule has 2 aromatic heterocycles. The Bertz CT molecular complexity index is 384. The van der Waals surface area contributed by atoms with Gasteiger partial charge in [-0.3, -0.25) is 4.98 Å². The van der Waals surface area contributed by atoms with Crippen LogP contribution in [0.4, 0.5) is 0 Å². The number of rotatable bonds is 0. The summed E-state index contributed by atoms with van der Waals surface area (Å²) in [7, 11) is 0. The van der Waals surface area contributed by atoms with Gasteiger partial charge in [0.05, 0.1) is 11.9 Å². The minimum absolute atomic E-state index is 0.845. The summed E-state index contributed by atoms with van der Waals surface area (Å²) >= 11 is 0. The first kappa shape index (κ1) is 6.22. The molecule has 0 atom stereocenters. The average Bonchev–Trinajstić information content (AvgIpc) is 2.04. The molecule has 3 nitrogen and oxygen atoms in total. The van der Waals surface area contributed by atoms with Gasteiger partial charge < -0.3 is 0 Å². The SMILES string of the molecule is Cc1cc2ccncc2nn1. The van der Waals surface area contributed by atoms with Gasteiger partial charge in [-0.25, -0.2) is 0 Å². The van der Waals surface area contributed by atoms with Gasteiger partial charge in [-0.1, -0.05) is 0 Å². The van der Waals surface area contributed by atoms with E-state index in [0.717, 1.165) is 16.6 Å². The zero-order chi connectivity index (χ0) is 7.68. The monoisotopic (exact) mass is 145 g/mol. The van der Waals surface area contributed by atoms with Crippen molar-refractivity contribution in [3.8, 4) is 0 Å². The van der Waals surface area contributed by atoms with Gasteiger partial charge >= 0.3 is 0 Å². The molecule has 0 amide bonds. The summed E-state index contributed by atoms with van der Waals surface area (Å²) in [6, 6.07) is 3.92. The molecule has 0 aliphatic rings. The van der Waals surface area contributed by atoms with E-state index in [4.69, 9.17) is 0 Å². The molecule has 2 aromatic rings. The molecule has 0 saturated carbocycles. The summed E-state index contributed by atoms with van der Waals surface area (Å²) in [5.41, 5.74) is 1.78. The number of pyridine rings is 1. The van der Waals surface area contributed by atoms with Gasteiger partial charge in [0.25, 0.3) is 0 Å². The summed E-state index contributed by atoms with van der Waals surface area (Å²) in [5.74, 6) is 0. The summed E-state index contributed by atoms with van der Waals surface area (Å²) < 4.78 is 0. The lowest BCUT2D eigenvalue weighted by molar-refractivity contribution is 1.01. The highest BCUT2D eigenvalue weighted by molar-refractivity contribution is 5.76. The summed E-state index contributed by atoms with van der Waals surface area (Å²) in [6.45, 7) is 1.92. The van der Waals surface area contributed by atoms with Crippen LogP contribution >= 0.6 is 0 Å². The molecule has 0 unspecified atom stereocenters. The number of hydrogen-bond donors (Lipinski definition) is 0. The first-order valence-electron chi connectivity index (χ1n) is 3.40. The number of aromatic nitrogens is 3. The van der Waals surface area contributed by atoms with E-state index in [2.05, 4.69) is 15.2 Å². The van der Waals surface area contributed by atoms with Crippen LogP contribution in [0.3, 0.4) is 0 Å². The second-order valence-corrected chi connectivity index (χ2v) is 2.42. The zero-order valence-corrected chi connectivity index (χ0v) is 6.15. The maximum Gasteiger partial charge on any atom is 0.111 e. The first-order chi connectivity index (χ1) is 5.36. The quantitative estimate of drug-likeness (QED) is 0.561. The van der Waals surface area contributed by atoms with Gasteiger partial charge in [-0.15, -0.1) is 5.10 Å². The average molecular weight is 145 g/mol. The van der Waals surface area contributed by atoms with Crippen molar-refractivity contribution in [3.05, 3.63) is 30.2 Å². The second kappa shape index (κ2) is 2.27. The van der Waals surface area contributed by atoms with Gasteiger partial charge in [0, 0.05) is 11.6 Å². The number of aryl methyl sites for hydroxylation is 1. The van der Waals surface area contributed by atoms with E-state index < -0.39 is 0 Å². The molecular weight excluding hydrogens is 138 g/mol. The van der Waals surface area contributed by atoms with Crippen LogP contribution in [0.5, 0.6) is 0 Å². The highest BCUT2D eigenvalue weighted by Crippen LogP contribution is 2.07. The third-order valence-corrected chi connectivity index (χ3v) is 1.51. The number of fused-ring (bicyclic) bond motifs is 1. The van der Waals surface area contributed by atoms with Gasteiger partial charge in [-0.2, -0.15) is 5.10 Å². The molecule has 2 rings (SSSR count). The maximum atomic E-state index is 3.97. The molecule has 54 valence electrons. The second-order valence-electron chi connectivity index (χ2n) is 2.42. The van der Waals surface area contributed by atoms with Gasteiger partial charge in [-0.05, 0) is 19.1 Å². The number of nitrogens with zero attached hydrogens (tertiary/aromatic N) is 3. The third kappa shape index (κ3) is 1.05. The zero-order valence-electron chi connectivity index (χ0n) is 6.15. The lowest BCUT2D eigenvalue weighted by Crippen LogP contribution is -1.87. The van der Waals surface area contributed by atoms with Crippen LogP contribution in [0.25, 0.3) is 10.9 Å². The lowest BCUT2D eigenvalue weighted by atomic mass is 10.2. The summed E-state index contributed by atoms with van der Waals surface area (Å²) in [4.78, 5) is 3.94. The normalized spacial score (nSPS) is 10.3. The Kier molecular flexibility index (Phi) is 1.28. The number of hydrogen-bond acceptors (Lipinski definition) is 3. The Labute approximate surface area is 64.1 Å². The Morgan fingerprint density at radius 1 is 1.27 bits per heavy atom. The Hall–Kier alpha value is -1.51. The van der Waals surface area contributed by atoms with Gasteiger partial charge in [0.15, 0.2) is 0 Å². The van der Waals surface area contributed by atoms with Crippen molar-refractivity contribution in [2.45, 2.75) is 6.92 Å². The molecule has 11 heavy (non-hydrogen) atoms.